The topological polar surface area (TPSA) is 12.0 Å². The summed E-state index contributed by atoms with van der Waals surface area (Å²) < 4.78 is 0. The number of hydrogen-bond donors (Lipinski definition) is 1. The lowest BCUT2D eigenvalue weighted by molar-refractivity contribution is 0.412. The molecule has 80 valence electrons. The van der Waals surface area contributed by atoms with Gasteiger partial charge in [-0.1, -0.05) is 44.7 Å². The summed E-state index contributed by atoms with van der Waals surface area (Å²) in [6.07, 6.45) is 5.18. The van der Waals surface area contributed by atoms with Crippen LogP contribution in [0.4, 0.5) is 0 Å². The third-order valence-corrected chi connectivity index (χ3v) is 2.44. The summed E-state index contributed by atoms with van der Waals surface area (Å²) in [5, 5.41) is 3.16. The molecule has 0 spiro atoms. The van der Waals surface area contributed by atoms with Gasteiger partial charge >= 0.3 is 0 Å². The van der Waals surface area contributed by atoms with Gasteiger partial charge in [0.15, 0.2) is 0 Å². The zero-order chi connectivity index (χ0) is 11.2. The summed E-state index contributed by atoms with van der Waals surface area (Å²) in [4.78, 5) is 0. The van der Waals surface area contributed by atoms with E-state index in [2.05, 4.69) is 38.4 Å². The van der Waals surface area contributed by atoms with Gasteiger partial charge in [-0.3, -0.25) is 0 Å². The average molecular weight is 193 g/mol. The highest BCUT2D eigenvalue weighted by atomic mass is 14.8. The molecule has 14 heavy (non-hydrogen) atoms. The molecule has 0 aromatic rings. The van der Waals surface area contributed by atoms with E-state index in [0.29, 0.717) is 0 Å². The van der Waals surface area contributed by atoms with Crippen LogP contribution in [0, 0.1) is 5.41 Å². The van der Waals surface area contributed by atoms with Crippen molar-refractivity contribution in [3.8, 4) is 0 Å². The third kappa shape index (κ3) is 5.03. The summed E-state index contributed by atoms with van der Waals surface area (Å²) in [6.45, 7) is 15.4. The van der Waals surface area contributed by atoms with Gasteiger partial charge < -0.3 is 5.32 Å². The zero-order valence-corrected chi connectivity index (χ0v) is 9.98. The van der Waals surface area contributed by atoms with Gasteiger partial charge in [-0.2, -0.15) is 0 Å². The molecule has 0 heterocycles. The van der Waals surface area contributed by atoms with Crippen LogP contribution in [0.5, 0.6) is 0 Å². The smallest absolute Gasteiger partial charge is 0.00436 e. The van der Waals surface area contributed by atoms with Crippen molar-refractivity contribution in [3.63, 3.8) is 0 Å². The predicted octanol–water partition coefficient (Wildman–Crippen LogP) is 3.31. The quantitative estimate of drug-likeness (QED) is 0.638. The first-order valence-corrected chi connectivity index (χ1v) is 5.07. The third-order valence-electron chi connectivity index (χ3n) is 2.44. The van der Waals surface area contributed by atoms with Crippen molar-refractivity contribution >= 4 is 0 Å². The molecule has 1 N–H and O–H groups in total. The molecule has 1 heteroatoms. The van der Waals surface area contributed by atoms with Gasteiger partial charge in [-0.05, 0) is 37.9 Å². The first-order valence-electron chi connectivity index (χ1n) is 5.07. The minimum absolute atomic E-state index is 0.162. The molecule has 0 aliphatic carbocycles. The Labute approximate surface area is 88.6 Å². The Morgan fingerprint density at radius 3 is 2.29 bits per heavy atom. The second-order valence-electron chi connectivity index (χ2n) is 4.44. The van der Waals surface area contributed by atoms with Crippen LogP contribution in [-0.2, 0) is 0 Å². The van der Waals surface area contributed by atoms with Gasteiger partial charge in [0.2, 0.25) is 0 Å². The molecular weight excluding hydrogens is 170 g/mol. The van der Waals surface area contributed by atoms with E-state index in [4.69, 9.17) is 0 Å². The van der Waals surface area contributed by atoms with Crippen molar-refractivity contribution in [3.05, 3.63) is 36.5 Å². The van der Waals surface area contributed by atoms with Gasteiger partial charge in [0.1, 0.15) is 0 Å². The molecule has 0 aliphatic rings. The molecule has 0 aliphatic heterocycles. The standard InChI is InChI=1S/C13H23N/c1-11(2)7-8-12(3)13(4,5)9-10-14-6/h7-8,14H,1,3,9-10H2,2,4-6H3/b8-7-. The van der Waals surface area contributed by atoms with E-state index in [0.717, 1.165) is 24.1 Å². The Morgan fingerprint density at radius 1 is 1.29 bits per heavy atom. The van der Waals surface area contributed by atoms with E-state index in [9.17, 15) is 0 Å². The van der Waals surface area contributed by atoms with Crippen molar-refractivity contribution in [2.45, 2.75) is 27.2 Å². The average Bonchev–Trinajstić information content (AvgIpc) is 2.10. The van der Waals surface area contributed by atoms with Crippen LogP contribution in [0.15, 0.2) is 36.5 Å². The van der Waals surface area contributed by atoms with Crippen molar-refractivity contribution in [2.24, 2.45) is 5.41 Å². The number of rotatable bonds is 6. The van der Waals surface area contributed by atoms with Crippen LogP contribution in [-0.4, -0.2) is 13.6 Å². The lowest BCUT2D eigenvalue weighted by atomic mass is 9.81. The molecule has 0 bridgehead atoms. The summed E-state index contributed by atoms with van der Waals surface area (Å²) >= 11 is 0. The second-order valence-corrected chi connectivity index (χ2v) is 4.44. The van der Waals surface area contributed by atoms with Crippen LogP contribution < -0.4 is 5.32 Å². The van der Waals surface area contributed by atoms with E-state index in [-0.39, 0.29) is 5.41 Å². The second kappa shape index (κ2) is 5.82. The monoisotopic (exact) mass is 193 g/mol. The van der Waals surface area contributed by atoms with E-state index in [1.54, 1.807) is 0 Å². The number of allylic oxidation sites excluding steroid dienone is 4. The SMILES string of the molecule is C=C(C)/C=C\C(=C)C(C)(C)CCNC. The Balaban J connectivity index is 4.27. The molecule has 1 nitrogen and oxygen atoms in total. The molecule has 0 aromatic carbocycles. The van der Waals surface area contributed by atoms with Gasteiger partial charge in [-0.25, -0.2) is 0 Å². The summed E-state index contributed by atoms with van der Waals surface area (Å²) in [7, 11) is 1.97. The normalized spacial score (nSPS) is 12.0. The first kappa shape index (κ1) is 13.2. The van der Waals surface area contributed by atoms with Crippen molar-refractivity contribution in [1.82, 2.24) is 5.32 Å². The highest BCUT2D eigenvalue weighted by molar-refractivity contribution is 5.27. The van der Waals surface area contributed by atoms with Gasteiger partial charge in [0, 0.05) is 0 Å². The first-order chi connectivity index (χ1) is 6.40. The molecule has 0 fully saturated rings. The van der Waals surface area contributed by atoms with Crippen molar-refractivity contribution in [1.29, 1.82) is 0 Å². The Hall–Kier alpha value is -0.820. The fraction of sp³-hybridized carbons (Fsp3) is 0.538. The van der Waals surface area contributed by atoms with Crippen LogP contribution in [0.3, 0.4) is 0 Å². The molecule has 0 rings (SSSR count). The lowest BCUT2D eigenvalue weighted by Gasteiger charge is -2.25. The summed E-state index contributed by atoms with van der Waals surface area (Å²) in [5.41, 5.74) is 2.39. The van der Waals surface area contributed by atoms with E-state index in [1.165, 1.54) is 0 Å². The number of nitrogens with one attached hydrogen (secondary N) is 1. The molecule has 0 atom stereocenters. The maximum atomic E-state index is 4.10. The van der Waals surface area contributed by atoms with Crippen LogP contribution in [0.25, 0.3) is 0 Å². The maximum absolute atomic E-state index is 4.10. The van der Waals surface area contributed by atoms with Crippen LogP contribution in [0.1, 0.15) is 27.2 Å². The molecule has 0 aromatic heterocycles. The minimum Gasteiger partial charge on any atom is -0.320 e. The minimum atomic E-state index is 0.162. The Kier molecular flexibility index (Phi) is 5.47. The molecule has 0 amide bonds. The Morgan fingerprint density at radius 2 is 1.86 bits per heavy atom. The largest absolute Gasteiger partial charge is 0.320 e. The van der Waals surface area contributed by atoms with Crippen molar-refractivity contribution in [2.75, 3.05) is 13.6 Å². The van der Waals surface area contributed by atoms with Gasteiger partial charge in [0.05, 0.1) is 0 Å². The van der Waals surface area contributed by atoms with E-state index < -0.39 is 0 Å². The molecule has 0 saturated carbocycles. The van der Waals surface area contributed by atoms with Gasteiger partial charge in [0.25, 0.3) is 0 Å². The highest BCUT2D eigenvalue weighted by Crippen LogP contribution is 2.29. The van der Waals surface area contributed by atoms with Crippen molar-refractivity contribution < 1.29 is 0 Å². The predicted molar refractivity (Wildman–Crippen MR) is 65.4 cm³/mol. The number of hydrogen-bond acceptors (Lipinski definition) is 1. The van der Waals surface area contributed by atoms with Crippen LogP contribution in [0.2, 0.25) is 0 Å². The molecule has 0 saturated heterocycles. The highest BCUT2D eigenvalue weighted by Gasteiger charge is 2.18. The lowest BCUT2D eigenvalue weighted by Crippen LogP contribution is -2.20. The zero-order valence-electron chi connectivity index (χ0n) is 9.98. The van der Waals surface area contributed by atoms with Gasteiger partial charge in [-0.15, -0.1) is 0 Å². The van der Waals surface area contributed by atoms with Crippen LogP contribution >= 0.6 is 0 Å². The fourth-order valence-electron chi connectivity index (χ4n) is 1.07. The van der Waals surface area contributed by atoms with E-state index >= 15 is 0 Å². The molecule has 0 radical (unpaired) electrons. The molecular formula is C13H23N. The fourth-order valence-corrected chi connectivity index (χ4v) is 1.07. The Bertz CT molecular complexity index is 234. The molecule has 0 unspecified atom stereocenters. The van der Waals surface area contributed by atoms with E-state index in [1.807, 2.05) is 20.0 Å². The summed E-state index contributed by atoms with van der Waals surface area (Å²) in [6, 6.07) is 0. The summed E-state index contributed by atoms with van der Waals surface area (Å²) in [5.74, 6) is 0. The maximum Gasteiger partial charge on any atom is -0.00436 e.